The second-order valence-corrected chi connectivity index (χ2v) is 9.41. The van der Waals surface area contributed by atoms with Gasteiger partial charge in [-0.1, -0.05) is 18.6 Å². The molecule has 4 atom stereocenters. The Morgan fingerprint density at radius 1 is 1.48 bits per heavy atom. The SMILES string of the molecule is CC(S)CCn1cc(CNC(=O)CCCC[C@@H]2SC[C@@H]3NC(=O)N[C@@H]32)nn1. The third-order valence-electron chi connectivity index (χ3n) is 4.91. The van der Waals surface area contributed by atoms with Gasteiger partial charge in [-0.15, -0.1) is 5.10 Å². The highest BCUT2D eigenvalue weighted by atomic mass is 32.2. The van der Waals surface area contributed by atoms with E-state index in [0.29, 0.717) is 23.5 Å². The molecule has 2 saturated heterocycles. The summed E-state index contributed by atoms with van der Waals surface area (Å²) in [7, 11) is 0. The summed E-state index contributed by atoms with van der Waals surface area (Å²) in [5.41, 5.74) is 0.771. The molecule has 150 valence electrons. The molecule has 0 aromatic carbocycles. The maximum absolute atomic E-state index is 12.0. The van der Waals surface area contributed by atoms with E-state index in [1.54, 1.807) is 4.68 Å². The van der Waals surface area contributed by atoms with Gasteiger partial charge in [-0.2, -0.15) is 24.4 Å². The minimum atomic E-state index is -0.0493. The van der Waals surface area contributed by atoms with Gasteiger partial charge in [0.1, 0.15) is 5.69 Å². The maximum Gasteiger partial charge on any atom is 0.315 e. The van der Waals surface area contributed by atoms with Crippen LogP contribution in [0.4, 0.5) is 4.79 Å². The topological polar surface area (TPSA) is 101 Å². The van der Waals surface area contributed by atoms with Crippen molar-refractivity contribution < 1.29 is 9.59 Å². The number of unbranched alkanes of at least 4 members (excludes halogenated alkanes) is 1. The predicted molar refractivity (Wildman–Crippen MR) is 109 cm³/mol. The van der Waals surface area contributed by atoms with E-state index in [1.807, 2.05) is 24.9 Å². The molecule has 2 aliphatic rings. The van der Waals surface area contributed by atoms with E-state index in [9.17, 15) is 9.59 Å². The molecule has 1 aromatic heterocycles. The maximum atomic E-state index is 12.0. The largest absolute Gasteiger partial charge is 0.350 e. The van der Waals surface area contributed by atoms with Crippen LogP contribution in [0.25, 0.3) is 0 Å². The van der Waals surface area contributed by atoms with Crippen molar-refractivity contribution in [3.63, 3.8) is 0 Å². The minimum absolute atomic E-state index is 0.0429. The lowest BCUT2D eigenvalue weighted by atomic mass is 10.0. The van der Waals surface area contributed by atoms with Crippen LogP contribution in [0.5, 0.6) is 0 Å². The van der Waals surface area contributed by atoms with E-state index in [1.165, 1.54) is 0 Å². The number of carbonyl (C=O) groups excluding carboxylic acids is 2. The zero-order valence-corrected chi connectivity index (χ0v) is 17.3. The fourth-order valence-corrected chi connectivity index (χ4v) is 5.06. The zero-order valence-electron chi connectivity index (χ0n) is 15.6. The molecule has 1 unspecified atom stereocenters. The number of rotatable bonds is 10. The van der Waals surface area contributed by atoms with Crippen LogP contribution < -0.4 is 16.0 Å². The number of nitrogens with zero attached hydrogens (tertiary/aromatic N) is 3. The fraction of sp³-hybridized carbons (Fsp3) is 0.765. The standard InChI is InChI=1S/C17H28N6O2S2/c1-11(26)6-7-23-9-12(21-22-23)8-18-15(24)5-3-2-4-14-16-13(10-27-14)19-17(25)20-16/h9,11,13-14,16,26H,2-8,10H2,1H3,(H,18,24)(H2,19,20,25)/t11?,13-,14-,16-/m0/s1. The fourth-order valence-electron chi connectivity index (χ4n) is 3.40. The first-order valence-corrected chi connectivity index (χ1v) is 11.1. The van der Waals surface area contributed by atoms with Gasteiger partial charge in [-0.3, -0.25) is 9.48 Å². The van der Waals surface area contributed by atoms with Gasteiger partial charge in [-0.05, 0) is 19.3 Å². The van der Waals surface area contributed by atoms with Gasteiger partial charge in [0.15, 0.2) is 0 Å². The highest BCUT2D eigenvalue weighted by Gasteiger charge is 2.42. The normalized spacial score (nSPS) is 25.0. The van der Waals surface area contributed by atoms with Crippen LogP contribution in [-0.2, 0) is 17.9 Å². The van der Waals surface area contributed by atoms with Crippen LogP contribution in [0.1, 0.15) is 44.7 Å². The third kappa shape index (κ3) is 6.03. The number of urea groups is 1. The first-order chi connectivity index (χ1) is 13.0. The lowest BCUT2D eigenvalue weighted by Crippen LogP contribution is -2.36. The Balaban J connectivity index is 1.27. The molecule has 2 aliphatic heterocycles. The Bertz CT molecular complexity index is 653. The van der Waals surface area contributed by atoms with Crippen molar-refractivity contribution >= 4 is 36.3 Å². The highest BCUT2D eigenvalue weighted by Crippen LogP contribution is 2.33. The molecular weight excluding hydrogens is 384 g/mol. The van der Waals surface area contributed by atoms with E-state index in [-0.39, 0.29) is 24.0 Å². The van der Waals surface area contributed by atoms with Crippen LogP contribution in [0, 0.1) is 0 Å². The molecule has 0 bridgehead atoms. The number of aryl methyl sites for hydroxylation is 1. The number of fused-ring (bicyclic) bond motifs is 1. The molecule has 0 radical (unpaired) electrons. The lowest BCUT2D eigenvalue weighted by molar-refractivity contribution is -0.121. The summed E-state index contributed by atoms with van der Waals surface area (Å²) in [6.07, 6.45) is 6.18. The van der Waals surface area contributed by atoms with Gasteiger partial charge < -0.3 is 16.0 Å². The number of thioether (sulfide) groups is 1. The Kier molecular flexibility index (Phi) is 7.28. The molecule has 0 aliphatic carbocycles. The molecule has 3 heterocycles. The molecule has 2 fully saturated rings. The summed E-state index contributed by atoms with van der Waals surface area (Å²) in [5.74, 6) is 1.02. The summed E-state index contributed by atoms with van der Waals surface area (Å²) in [4.78, 5) is 23.4. The smallest absolute Gasteiger partial charge is 0.315 e. The molecule has 10 heteroatoms. The highest BCUT2D eigenvalue weighted by molar-refractivity contribution is 8.00. The molecule has 0 saturated carbocycles. The number of thiol groups is 1. The van der Waals surface area contributed by atoms with Gasteiger partial charge in [0.25, 0.3) is 0 Å². The quantitative estimate of drug-likeness (QED) is 0.264. The van der Waals surface area contributed by atoms with E-state index >= 15 is 0 Å². The average molecular weight is 413 g/mol. The van der Waals surface area contributed by atoms with Crippen molar-refractivity contribution in [1.29, 1.82) is 0 Å². The molecule has 8 nitrogen and oxygen atoms in total. The molecule has 1 aromatic rings. The van der Waals surface area contributed by atoms with Crippen LogP contribution in [0.3, 0.4) is 0 Å². The van der Waals surface area contributed by atoms with Crippen LogP contribution >= 0.6 is 24.4 Å². The van der Waals surface area contributed by atoms with Crippen molar-refractivity contribution in [2.24, 2.45) is 0 Å². The average Bonchev–Trinajstić information content (AvgIpc) is 3.31. The first kappa shape index (κ1) is 20.3. The van der Waals surface area contributed by atoms with Gasteiger partial charge >= 0.3 is 6.03 Å². The number of aromatic nitrogens is 3. The molecular formula is C17H28N6O2S2. The molecule has 3 amide bonds. The molecule has 3 N–H and O–H groups in total. The number of nitrogens with one attached hydrogen (secondary N) is 3. The predicted octanol–water partition coefficient (Wildman–Crippen LogP) is 1.33. The summed E-state index contributed by atoms with van der Waals surface area (Å²) < 4.78 is 1.79. The van der Waals surface area contributed by atoms with E-state index < -0.39 is 0 Å². The van der Waals surface area contributed by atoms with Crippen molar-refractivity contribution in [3.8, 4) is 0 Å². The zero-order chi connectivity index (χ0) is 19.2. The van der Waals surface area contributed by atoms with Crippen molar-refractivity contribution in [2.45, 2.75) is 74.7 Å². The van der Waals surface area contributed by atoms with E-state index in [4.69, 9.17) is 0 Å². The monoisotopic (exact) mass is 412 g/mol. The Morgan fingerprint density at radius 3 is 3.15 bits per heavy atom. The lowest BCUT2D eigenvalue weighted by Gasteiger charge is -2.16. The summed E-state index contributed by atoms with van der Waals surface area (Å²) in [5, 5.41) is 17.8. The second kappa shape index (κ2) is 9.68. The van der Waals surface area contributed by atoms with Crippen molar-refractivity contribution in [2.75, 3.05) is 5.75 Å². The van der Waals surface area contributed by atoms with Gasteiger partial charge in [0, 0.05) is 29.2 Å². The third-order valence-corrected chi connectivity index (χ3v) is 6.68. The molecule has 3 rings (SSSR count). The van der Waals surface area contributed by atoms with Gasteiger partial charge in [-0.25, -0.2) is 4.79 Å². The molecule has 27 heavy (non-hydrogen) atoms. The number of carbonyl (C=O) groups is 2. The minimum Gasteiger partial charge on any atom is -0.350 e. The van der Waals surface area contributed by atoms with Crippen LogP contribution in [-0.4, -0.2) is 55.3 Å². The van der Waals surface area contributed by atoms with Crippen molar-refractivity contribution in [1.82, 2.24) is 30.9 Å². The summed E-state index contributed by atoms with van der Waals surface area (Å²) >= 11 is 6.26. The van der Waals surface area contributed by atoms with Crippen LogP contribution in [0.2, 0.25) is 0 Å². The number of hydrogen-bond donors (Lipinski definition) is 4. The van der Waals surface area contributed by atoms with Gasteiger partial charge in [0.05, 0.1) is 24.8 Å². The van der Waals surface area contributed by atoms with E-state index in [2.05, 4.69) is 38.9 Å². The Hall–Kier alpha value is -1.42. The van der Waals surface area contributed by atoms with Crippen molar-refractivity contribution in [3.05, 3.63) is 11.9 Å². The molecule has 0 spiro atoms. The summed E-state index contributed by atoms with van der Waals surface area (Å²) in [6, 6.07) is 0.455. The number of amides is 3. The second-order valence-electron chi connectivity index (χ2n) is 7.26. The Labute approximate surface area is 169 Å². The van der Waals surface area contributed by atoms with Gasteiger partial charge in [0.2, 0.25) is 5.91 Å². The van der Waals surface area contributed by atoms with E-state index in [0.717, 1.165) is 43.7 Å². The van der Waals surface area contributed by atoms with Crippen LogP contribution in [0.15, 0.2) is 6.20 Å². The first-order valence-electron chi connectivity index (χ1n) is 9.53. The number of hydrogen-bond acceptors (Lipinski definition) is 6. The summed E-state index contributed by atoms with van der Waals surface area (Å²) in [6.45, 7) is 3.24. The Morgan fingerprint density at radius 2 is 2.33 bits per heavy atom.